The van der Waals surface area contributed by atoms with Crippen LogP contribution in [0.25, 0.3) is 0 Å². The van der Waals surface area contributed by atoms with Crippen molar-refractivity contribution in [2.45, 2.75) is 38.2 Å². The van der Waals surface area contributed by atoms with Crippen LogP contribution in [-0.4, -0.2) is 30.2 Å². The number of alkyl halides is 6. The molecule has 1 saturated heterocycles. The van der Waals surface area contributed by atoms with Gasteiger partial charge in [0, 0.05) is 13.1 Å². The van der Waals surface area contributed by atoms with E-state index >= 15 is 0 Å². The molecule has 2 aromatic carbocycles. The molecule has 3 rings (SSSR count). The standard InChI is InChI=1S/C21H19F6NO3/c1-13(15-9-16(20(22,23)24)11-17(10-15)21(25,26)27)31-19-18(29)28(7-8-30-19)12-14-5-3-2-4-6-14/h2-6,9-11,13,19H,7-8,12H2,1H3/t13-,19-/m0/s1. The van der Waals surface area contributed by atoms with Crippen LogP contribution in [0.5, 0.6) is 0 Å². The van der Waals surface area contributed by atoms with Gasteiger partial charge >= 0.3 is 12.4 Å². The minimum absolute atomic E-state index is 0.0417. The Bertz CT molecular complexity index is 881. The Kier molecular flexibility index (Phi) is 6.61. The Morgan fingerprint density at radius 3 is 2.16 bits per heavy atom. The Morgan fingerprint density at radius 2 is 1.61 bits per heavy atom. The van der Waals surface area contributed by atoms with Gasteiger partial charge in [-0.2, -0.15) is 26.3 Å². The number of morpholine rings is 1. The van der Waals surface area contributed by atoms with Gasteiger partial charge in [0.1, 0.15) is 0 Å². The molecule has 0 aromatic heterocycles. The van der Waals surface area contributed by atoms with Crippen molar-refractivity contribution >= 4 is 5.91 Å². The number of amides is 1. The first-order chi connectivity index (χ1) is 14.4. The lowest BCUT2D eigenvalue weighted by Gasteiger charge is -2.33. The van der Waals surface area contributed by atoms with Crippen LogP contribution < -0.4 is 0 Å². The molecule has 2 atom stereocenters. The molecule has 0 unspecified atom stereocenters. The zero-order valence-corrected chi connectivity index (χ0v) is 16.3. The molecule has 0 bridgehead atoms. The molecule has 31 heavy (non-hydrogen) atoms. The van der Waals surface area contributed by atoms with Crippen LogP contribution in [0.1, 0.15) is 35.3 Å². The van der Waals surface area contributed by atoms with E-state index in [9.17, 15) is 31.1 Å². The van der Waals surface area contributed by atoms with E-state index in [0.29, 0.717) is 12.1 Å². The van der Waals surface area contributed by atoms with Gasteiger partial charge < -0.3 is 14.4 Å². The fourth-order valence-corrected chi connectivity index (χ4v) is 3.14. The lowest BCUT2D eigenvalue weighted by molar-refractivity contribution is -0.209. The third-order valence-corrected chi connectivity index (χ3v) is 4.77. The summed E-state index contributed by atoms with van der Waals surface area (Å²) in [6.07, 6.45) is -12.6. The van der Waals surface area contributed by atoms with Gasteiger partial charge in [0.15, 0.2) is 0 Å². The van der Waals surface area contributed by atoms with Gasteiger partial charge in [0.2, 0.25) is 6.29 Å². The van der Waals surface area contributed by atoms with Crippen molar-refractivity contribution in [2.24, 2.45) is 0 Å². The molecule has 0 N–H and O–H groups in total. The van der Waals surface area contributed by atoms with Gasteiger partial charge in [-0.3, -0.25) is 4.79 Å². The molecular formula is C21H19F6NO3. The number of ether oxygens (including phenoxy) is 2. The number of halogens is 6. The van der Waals surface area contributed by atoms with Crippen LogP contribution >= 0.6 is 0 Å². The number of carbonyl (C=O) groups excluding carboxylic acids is 1. The molecule has 2 aromatic rings. The highest BCUT2D eigenvalue weighted by Gasteiger charge is 2.38. The zero-order chi connectivity index (χ0) is 22.8. The summed E-state index contributed by atoms with van der Waals surface area (Å²) in [7, 11) is 0. The summed E-state index contributed by atoms with van der Waals surface area (Å²) >= 11 is 0. The molecule has 0 aliphatic carbocycles. The zero-order valence-electron chi connectivity index (χ0n) is 16.3. The fourth-order valence-electron chi connectivity index (χ4n) is 3.14. The van der Waals surface area contributed by atoms with Crippen LogP contribution in [0.4, 0.5) is 26.3 Å². The van der Waals surface area contributed by atoms with Crippen LogP contribution in [-0.2, 0) is 33.2 Å². The monoisotopic (exact) mass is 447 g/mol. The van der Waals surface area contributed by atoms with Crippen LogP contribution in [0.15, 0.2) is 48.5 Å². The van der Waals surface area contributed by atoms with E-state index in [1.54, 1.807) is 0 Å². The molecule has 0 radical (unpaired) electrons. The lowest BCUT2D eigenvalue weighted by atomic mass is 10.0. The first-order valence-electron chi connectivity index (χ1n) is 9.34. The summed E-state index contributed by atoms with van der Waals surface area (Å²) in [5.41, 5.74) is -2.40. The normalized spacial score (nSPS) is 18.9. The van der Waals surface area contributed by atoms with E-state index in [1.165, 1.54) is 11.8 Å². The van der Waals surface area contributed by atoms with E-state index in [2.05, 4.69) is 0 Å². The van der Waals surface area contributed by atoms with Crippen molar-refractivity contribution in [1.82, 2.24) is 4.90 Å². The minimum Gasteiger partial charge on any atom is -0.343 e. The maximum Gasteiger partial charge on any atom is 0.416 e. The summed E-state index contributed by atoms with van der Waals surface area (Å²) in [5, 5.41) is 0. The first-order valence-corrected chi connectivity index (χ1v) is 9.34. The molecular weight excluding hydrogens is 428 g/mol. The number of carbonyl (C=O) groups is 1. The molecule has 0 spiro atoms. The third-order valence-electron chi connectivity index (χ3n) is 4.77. The fraction of sp³-hybridized carbons (Fsp3) is 0.381. The summed E-state index contributed by atoms with van der Waals surface area (Å²) < 4.78 is 89.2. The van der Waals surface area contributed by atoms with Crippen molar-refractivity contribution in [3.05, 3.63) is 70.8 Å². The van der Waals surface area contributed by atoms with Crippen molar-refractivity contribution in [3.63, 3.8) is 0 Å². The molecule has 0 saturated carbocycles. The average molecular weight is 447 g/mol. The number of hydrogen-bond acceptors (Lipinski definition) is 3. The number of rotatable bonds is 5. The molecule has 1 fully saturated rings. The predicted octanol–water partition coefficient (Wildman–Crippen LogP) is 5.19. The molecule has 1 aliphatic rings. The average Bonchev–Trinajstić information content (AvgIpc) is 2.70. The van der Waals surface area contributed by atoms with Crippen molar-refractivity contribution in [2.75, 3.05) is 13.2 Å². The van der Waals surface area contributed by atoms with E-state index in [-0.39, 0.29) is 31.3 Å². The van der Waals surface area contributed by atoms with Gasteiger partial charge in [0.05, 0.1) is 23.8 Å². The lowest BCUT2D eigenvalue weighted by Crippen LogP contribution is -2.48. The van der Waals surface area contributed by atoms with Gasteiger partial charge in [-0.05, 0) is 36.2 Å². The maximum atomic E-state index is 13.1. The van der Waals surface area contributed by atoms with Crippen LogP contribution in [0, 0.1) is 0 Å². The van der Waals surface area contributed by atoms with Gasteiger partial charge in [0.25, 0.3) is 5.91 Å². The molecule has 1 heterocycles. The largest absolute Gasteiger partial charge is 0.416 e. The second-order valence-electron chi connectivity index (χ2n) is 7.07. The SMILES string of the molecule is C[C@H](O[C@@H]1OCCN(Cc2ccccc2)C1=O)c1cc(C(F)(F)F)cc(C(F)(F)F)c1. The second kappa shape index (κ2) is 8.88. The van der Waals surface area contributed by atoms with E-state index in [0.717, 1.165) is 5.56 Å². The maximum absolute atomic E-state index is 13.1. The Hall–Kier alpha value is -2.59. The molecule has 168 valence electrons. The highest BCUT2D eigenvalue weighted by Crippen LogP contribution is 2.38. The number of hydrogen-bond donors (Lipinski definition) is 0. The summed E-state index contributed by atoms with van der Waals surface area (Å²) in [6.45, 7) is 1.94. The minimum atomic E-state index is -4.97. The molecule has 1 aliphatic heterocycles. The first kappa shape index (κ1) is 23.1. The topological polar surface area (TPSA) is 38.8 Å². The Morgan fingerprint density at radius 1 is 1.03 bits per heavy atom. The Balaban J connectivity index is 1.78. The van der Waals surface area contributed by atoms with Gasteiger partial charge in [-0.15, -0.1) is 0 Å². The molecule has 1 amide bonds. The number of benzene rings is 2. The summed E-state index contributed by atoms with van der Waals surface area (Å²) in [5.74, 6) is -0.551. The second-order valence-corrected chi connectivity index (χ2v) is 7.07. The van der Waals surface area contributed by atoms with E-state index in [4.69, 9.17) is 9.47 Å². The number of nitrogens with zero attached hydrogens (tertiary/aromatic N) is 1. The predicted molar refractivity (Wildman–Crippen MR) is 97.5 cm³/mol. The molecule has 4 nitrogen and oxygen atoms in total. The van der Waals surface area contributed by atoms with Crippen molar-refractivity contribution in [1.29, 1.82) is 0 Å². The van der Waals surface area contributed by atoms with Gasteiger partial charge in [-0.25, -0.2) is 0 Å². The highest BCUT2D eigenvalue weighted by atomic mass is 19.4. The highest BCUT2D eigenvalue weighted by molar-refractivity contribution is 5.80. The molecule has 10 heteroatoms. The quantitative estimate of drug-likeness (QED) is 0.593. The van der Waals surface area contributed by atoms with Crippen LogP contribution in [0.3, 0.4) is 0 Å². The van der Waals surface area contributed by atoms with Crippen molar-refractivity contribution in [3.8, 4) is 0 Å². The summed E-state index contributed by atoms with van der Waals surface area (Å²) in [6, 6.07) is 10.3. The van der Waals surface area contributed by atoms with E-state index < -0.39 is 41.8 Å². The van der Waals surface area contributed by atoms with Crippen LogP contribution in [0.2, 0.25) is 0 Å². The van der Waals surface area contributed by atoms with Gasteiger partial charge in [-0.1, -0.05) is 30.3 Å². The Labute approximate surface area is 174 Å². The third kappa shape index (κ3) is 5.76. The smallest absolute Gasteiger partial charge is 0.343 e. The van der Waals surface area contributed by atoms with Crippen molar-refractivity contribution < 1.29 is 40.6 Å². The summed E-state index contributed by atoms with van der Waals surface area (Å²) in [4.78, 5) is 14.1. The van der Waals surface area contributed by atoms with E-state index in [1.807, 2.05) is 30.3 Å².